The van der Waals surface area contributed by atoms with Crippen LogP contribution in [0.2, 0.25) is 0 Å². The average Bonchev–Trinajstić information content (AvgIpc) is 2.52. The van der Waals surface area contributed by atoms with Gasteiger partial charge in [0.05, 0.1) is 5.69 Å². The molecule has 0 atom stereocenters. The van der Waals surface area contributed by atoms with Gasteiger partial charge in [-0.05, 0) is 24.3 Å². The highest BCUT2D eigenvalue weighted by Crippen LogP contribution is 2.24. The maximum absolute atomic E-state index is 13.5. The van der Waals surface area contributed by atoms with E-state index >= 15 is 0 Å². The average molecular weight is 255 g/mol. The number of halogens is 2. The van der Waals surface area contributed by atoms with Crippen molar-refractivity contribution in [1.82, 2.24) is 9.78 Å². The van der Waals surface area contributed by atoms with Crippen molar-refractivity contribution < 1.29 is 4.39 Å². The van der Waals surface area contributed by atoms with Gasteiger partial charge in [-0.15, -0.1) is 0 Å². The van der Waals surface area contributed by atoms with Gasteiger partial charge in [0.15, 0.2) is 0 Å². The van der Waals surface area contributed by atoms with Crippen molar-refractivity contribution >= 4 is 15.9 Å². The molecule has 0 radical (unpaired) electrons. The molecule has 1 heterocycles. The fraction of sp³-hybridized carbons (Fsp3) is 0.100. The van der Waals surface area contributed by atoms with Gasteiger partial charge in [0, 0.05) is 23.3 Å². The zero-order valence-corrected chi connectivity index (χ0v) is 9.12. The Morgan fingerprint density at radius 2 is 2.14 bits per heavy atom. The summed E-state index contributed by atoms with van der Waals surface area (Å²) in [5.74, 6) is -0.247. The molecule has 2 aromatic rings. The molecule has 0 bridgehead atoms. The summed E-state index contributed by atoms with van der Waals surface area (Å²) < 4.78 is 15.9. The molecular weight excluding hydrogens is 247 g/mol. The lowest BCUT2D eigenvalue weighted by molar-refractivity contribution is 0.627. The van der Waals surface area contributed by atoms with Crippen molar-refractivity contribution in [1.29, 1.82) is 0 Å². The van der Waals surface area contributed by atoms with E-state index in [0.717, 1.165) is 10.2 Å². The van der Waals surface area contributed by atoms with Crippen LogP contribution in [0.1, 0.15) is 0 Å². The Bertz CT molecular complexity index is 465. The van der Waals surface area contributed by atoms with Crippen LogP contribution < -0.4 is 0 Å². The highest BCUT2D eigenvalue weighted by atomic mass is 79.9. The minimum Gasteiger partial charge on any atom is -0.268 e. The lowest BCUT2D eigenvalue weighted by Gasteiger charge is -2.03. The molecule has 4 heteroatoms. The summed E-state index contributed by atoms with van der Waals surface area (Å²) in [6.07, 6.45) is 1.65. The minimum absolute atomic E-state index is 0.247. The largest absolute Gasteiger partial charge is 0.268 e. The highest BCUT2D eigenvalue weighted by Gasteiger charge is 2.08. The number of aryl methyl sites for hydroxylation is 1. The van der Waals surface area contributed by atoms with Gasteiger partial charge in [0.2, 0.25) is 0 Å². The van der Waals surface area contributed by atoms with Crippen LogP contribution in [0.15, 0.2) is 34.9 Å². The molecule has 0 unspecified atom stereocenters. The van der Waals surface area contributed by atoms with Gasteiger partial charge in [-0.2, -0.15) is 5.10 Å². The molecule has 0 fully saturated rings. The van der Waals surface area contributed by atoms with Crippen LogP contribution in [0.25, 0.3) is 11.3 Å². The smallest absolute Gasteiger partial charge is 0.133 e. The third kappa shape index (κ3) is 1.57. The molecule has 0 N–H and O–H groups in total. The van der Waals surface area contributed by atoms with Gasteiger partial charge >= 0.3 is 0 Å². The topological polar surface area (TPSA) is 17.8 Å². The van der Waals surface area contributed by atoms with Crippen LogP contribution >= 0.6 is 15.9 Å². The van der Waals surface area contributed by atoms with Crippen LogP contribution in [0.5, 0.6) is 0 Å². The SMILES string of the molecule is Cn1nccc1-c1ccc(Br)cc1F. The van der Waals surface area contributed by atoms with Crippen LogP contribution in [0.3, 0.4) is 0 Å². The first-order valence-electron chi connectivity index (χ1n) is 4.12. The Hall–Kier alpha value is -1.16. The fourth-order valence-electron chi connectivity index (χ4n) is 1.34. The monoisotopic (exact) mass is 254 g/mol. The molecule has 1 aromatic heterocycles. The van der Waals surface area contributed by atoms with Crippen molar-refractivity contribution in [3.8, 4) is 11.3 Å². The molecule has 0 saturated heterocycles. The lowest BCUT2D eigenvalue weighted by Crippen LogP contribution is -1.95. The molecule has 72 valence electrons. The third-order valence-corrected chi connectivity index (χ3v) is 2.52. The molecule has 2 nitrogen and oxygen atoms in total. The predicted molar refractivity (Wildman–Crippen MR) is 56.3 cm³/mol. The van der Waals surface area contributed by atoms with Crippen molar-refractivity contribution in [3.63, 3.8) is 0 Å². The van der Waals surface area contributed by atoms with Gasteiger partial charge in [0.1, 0.15) is 5.82 Å². The molecule has 0 saturated carbocycles. The first-order valence-corrected chi connectivity index (χ1v) is 4.91. The zero-order chi connectivity index (χ0) is 10.1. The van der Waals surface area contributed by atoms with Crippen molar-refractivity contribution in [2.24, 2.45) is 7.05 Å². The Labute approximate surface area is 89.5 Å². The maximum atomic E-state index is 13.5. The standard InChI is InChI=1S/C10H8BrFN2/c1-14-10(4-5-13-14)8-3-2-7(11)6-9(8)12/h2-6H,1H3. The quantitative estimate of drug-likeness (QED) is 0.765. The van der Waals surface area contributed by atoms with Crippen LogP contribution in [0, 0.1) is 5.82 Å². The van der Waals surface area contributed by atoms with Gasteiger partial charge in [-0.1, -0.05) is 15.9 Å². The van der Waals surface area contributed by atoms with Crippen molar-refractivity contribution in [2.75, 3.05) is 0 Å². The molecule has 0 spiro atoms. The highest BCUT2D eigenvalue weighted by molar-refractivity contribution is 9.10. The Kier molecular flexibility index (Phi) is 2.37. The number of benzene rings is 1. The molecule has 14 heavy (non-hydrogen) atoms. The van der Waals surface area contributed by atoms with Crippen molar-refractivity contribution in [2.45, 2.75) is 0 Å². The second kappa shape index (κ2) is 3.53. The number of rotatable bonds is 1. The summed E-state index contributed by atoms with van der Waals surface area (Å²) in [7, 11) is 1.79. The van der Waals surface area contributed by atoms with Gasteiger partial charge in [-0.25, -0.2) is 4.39 Å². The number of aromatic nitrogens is 2. The predicted octanol–water partition coefficient (Wildman–Crippen LogP) is 2.99. The van der Waals surface area contributed by atoms with E-state index in [0.29, 0.717) is 5.56 Å². The number of hydrogen-bond acceptors (Lipinski definition) is 1. The van der Waals surface area contributed by atoms with Crippen molar-refractivity contribution in [3.05, 3.63) is 40.8 Å². The summed E-state index contributed by atoms with van der Waals surface area (Å²) in [4.78, 5) is 0. The van der Waals surface area contributed by atoms with E-state index in [9.17, 15) is 4.39 Å². The fourth-order valence-corrected chi connectivity index (χ4v) is 1.67. The summed E-state index contributed by atoms with van der Waals surface area (Å²) in [5, 5.41) is 3.99. The first-order chi connectivity index (χ1) is 6.68. The van der Waals surface area contributed by atoms with E-state index in [1.807, 2.05) is 6.07 Å². The van der Waals surface area contributed by atoms with Gasteiger partial charge in [-0.3, -0.25) is 4.68 Å². The molecule has 1 aromatic carbocycles. The zero-order valence-electron chi connectivity index (χ0n) is 7.54. The molecule has 0 amide bonds. The molecular formula is C10H8BrFN2. The van der Waals surface area contributed by atoms with Gasteiger partial charge in [0.25, 0.3) is 0 Å². The summed E-state index contributed by atoms with van der Waals surface area (Å²) >= 11 is 3.22. The van der Waals surface area contributed by atoms with E-state index in [-0.39, 0.29) is 5.82 Å². The normalized spacial score (nSPS) is 10.5. The number of nitrogens with zero attached hydrogens (tertiary/aromatic N) is 2. The Balaban J connectivity index is 2.58. The lowest BCUT2D eigenvalue weighted by atomic mass is 10.1. The van der Waals surface area contributed by atoms with E-state index in [2.05, 4.69) is 21.0 Å². The van der Waals surface area contributed by atoms with E-state index in [1.54, 1.807) is 30.1 Å². The number of hydrogen-bond donors (Lipinski definition) is 0. The molecule has 0 aliphatic heterocycles. The Morgan fingerprint density at radius 3 is 2.71 bits per heavy atom. The maximum Gasteiger partial charge on any atom is 0.133 e. The molecule has 0 aliphatic rings. The summed E-state index contributed by atoms with van der Waals surface area (Å²) in [6.45, 7) is 0. The second-order valence-electron chi connectivity index (χ2n) is 2.96. The van der Waals surface area contributed by atoms with Crippen LogP contribution in [0.4, 0.5) is 4.39 Å². The summed E-state index contributed by atoms with van der Waals surface area (Å²) in [6, 6.07) is 6.77. The van der Waals surface area contributed by atoms with Gasteiger partial charge < -0.3 is 0 Å². The van der Waals surface area contributed by atoms with Crippen LogP contribution in [-0.4, -0.2) is 9.78 Å². The van der Waals surface area contributed by atoms with Crippen LogP contribution in [-0.2, 0) is 7.05 Å². The molecule has 2 rings (SSSR count). The summed E-state index contributed by atoms with van der Waals surface area (Å²) in [5.41, 5.74) is 1.34. The van der Waals surface area contributed by atoms with E-state index in [4.69, 9.17) is 0 Å². The third-order valence-electron chi connectivity index (χ3n) is 2.03. The Morgan fingerprint density at radius 1 is 1.36 bits per heavy atom. The molecule has 0 aliphatic carbocycles. The van der Waals surface area contributed by atoms with E-state index < -0.39 is 0 Å². The van der Waals surface area contributed by atoms with E-state index in [1.165, 1.54) is 6.07 Å². The second-order valence-corrected chi connectivity index (χ2v) is 3.88. The first kappa shape index (κ1) is 9.40. The minimum atomic E-state index is -0.247.